The van der Waals surface area contributed by atoms with E-state index in [1.54, 1.807) is 0 Å². The van der Waals surface area contributed by atoms with Gasteiger partial charge in [0.25, 0.3) is 0 Å². The number of hydroxylamine groups is 1. The highest BCUT2D eigenvalue weighted by Crippen LogP contribution is 2.16. The van der Waals surface area contributed by atoms with Crippen LogP contribution < -0.4 is 10.8 Å². The molecule has 18 heavy (non-hydrogen) atoms. The fourth-order valence-corrected chi connectivity index (χ4v) is 1.54. The molecular weight excluding hydrogens is 236 g/mol. The molecule has 0 aliphatic heterocycles. The Labute approximate surface area is 105 Å². The van der Waals surface area contributed by atoms with Gasteiger partial charge in [0, 0.05) is 0 Å². The van der Waals surface area contributed by atoms with Gasteiger partial charge in [0.15, 0.2) is 6.61 Å². The molecule has 0 aromatic heterocycles. The zero-order valence-corrected chi connectivity index (χ0v) is 10.3. The molecule has 98 valence electrons. The maximum absolute atomic E-state index is 11.4. The molecule has 0 aliphatic carbocycles. The molecule has 6 nitrogen and oxygen atoms in total. The first-order valence-electron chi connectivity index (χ1n) is 5.46. The van der Waals surface area contributed by atoms with Crippen LogP contribution in [0.3, 0.4) is 0 Å². The predicted octanol–water partition coefficient (Wildman–Crippen LogP) is 1.37. The number of benzene rings is 1. The van der Waals surface area contributed by atoms with Gasteiger partial charge in [0.05, 0.1) is 6.04 Å². The van der Waals surface area contributed by atoms with Crippen molar-refractivity contribution in [3.8, 4) is 0 Å². The third-order valence-electron chi connectivity index (χ3n) is 2.36. The van der Waals surface area contributed by atoms with Crippen molar-refractivity contribution in [3.05, 3.63) is 35.4 Å². The first kappa shape index (κ1) is 14.0. The van der Waals surface area contributed by atoms with Crippen LogP contribution in [0.15, 0.2) is 24.3 Å². The number of nitrogens with one attached hydrogen (secondary N) is 2. The largest absolute Gasteiger partial charge is 0.479 e. The van der Waals surface area contributed by atoms with Crippen LogP contribution in [0.25, 0.3) is 0 Å². The SMILES string of the molecule is Cc1ccccc1C(C)NC(=O)NOCC(=O)O. The van der Waals surface area contributed by atoms with Crippen molar-refractivity contribution in [2.45, 2.75) is 19.9 Å². The van der Waals surface area contributed by atoms with E-state index in [2.05, 4.69) is 10.2 Å². The number of carboxylic acid groups (broad SMARTS) is 1. The third-order valence-corrected chi connectivity index (χ3v) is 2.36. The molecule has 1 aromatic carbocycles. The molecular formula is C12H16N2O4. The quantitative estimate of drug-likeness (QED) is 0.691. The van der Waals surface area contributed by atoms with Crippen LogP contribution >= 0.6 is 0 Å². The summed E-state index contributed by atoms with van der Waals surface area (Å²) in [4.78, 5) is 26.0. The fraction of sp³-hybridized carbons (Fsp3) is 0.333. The molecule has 3 N–H and O–H groups in total. The van der Waals surface area contributed by atoms with E-state index in [0.717, 1.165) is 11.1 Å². The van der Waals surface area contributed by atoms with E-state index in [1.807, 2.05) is 43.6 Å². The van der Waals surface area contributed by atoms with Gasteiger partial charge < -0.3 is 10.4 Å². The summed E-state index contributed by atoms with van der Waals surface area (Å²) in [6, 6.07) is 6.90. The Morgan fingerprint density at radius 1 is 1.39 bits per heavy atom. The Bertz CT molecular complexity index is 434. The van der Waals surface area contributed by atoms with Crippen LogP contribution in [0, 0.1) is 6.92 Å². The van der Waals surface area contributed by atoms with Crippen LogP contribution in [0.1, 0.15) is 24.1 Å². The number of carbonyl (C=O) groups is 2. The standard InChI is InChI=1S/C12H16N2O4/c1-8-5-3-4-6-10(8)9(2)13-12(17)14-18-7-11(15)16/h3-6,9H,7H2,1-2H3,(H,15,16)(H2,13,14,17). The minimum absolute atomic E-state index is 0.195. The van der Waals surface area contributed by atoms with Crippen molar-refractivity contribution in [3.63, 3.8) is 0 Å². The molecule has 0 heterocycles. The van der Waals surface area contributed by atoms with Crippen molar-refractivity contribution in [1.29, 1.82) is 0 Å². The summed E-state index contributed by atoms with van der Waals surface area (Å²) < 4.78 is 0. The van der Waals surface area contributed by atoms with Gasteiger partial charge >= 0.3 is 12.0 Å². The Morgan fingerprint density at radius 3 is 2.67 bits per heavy atom. The topological polar surface area (TPSA) is 87.7 Å². The van der Waals surface area contributed by atoms with Gasteiger partial charge in [0.2, 0.25) is 0 Å². The predicted molar refractivity (Wildman–Crippen MR) is 64.8 cm³/mol. The second-order valence-corrected chi connectivity index (χ2v) is 3.84. The van der Waals surface area contributed by atoms with Crippen LogP contribution in [0.5, 0.6) is 0 Å². The molecule has 1 atom stereocenters. The molecule has 0 aliphatic rings. The molecule has 0 bridgehead atoms. The van der Waals surface area contributed by atoms with E-state index >= 15 is 0 Å². The van der Waals surface area contributed by atoms with Crippen LogP contribution in [-0.2, 0) is 9.63 Å². The summed E-state index contributed by atoms with van der Waals surface area (Å²) in [5, 5.41) is 11.0. The lowest BCUT2D eigenvalue weighted by atomic mass is 10.0. The number of rotatable bonds is 5. The highest BCUT2D eigenvalue weighted by molar-refractivity contribution is 5.74. The average molecular weight is 252 g/mol. The number of aliphatic carboxylic acids is 1. The maximum Gasteiger partial charge on any atom is 0.339 e. The highest BCUT2D eigenvalue weighted by atomic mass is 16.7. The van der Waals surface area contributed by atoms with Crippen molar-refractivity contribution in [2.75, 3.05) is 6.61 Å². The number of amides is 2. The lowest BCUT2D eigenvalue weighted by molar-refractivity contribution is -0.144. The highest BCUT2D eigenvalue weighted by Gasteiger charge is 2.11. The zero-order valence-electron chi connectivity index (χ0n) is 10.3. The van der Waals surface area contributed by atoms with E-state index in [1.165, 1.54) is 0 Å². The molecule has 1 rings (SSSR count). The Morgan fingerprint density at radius 2 is 2.06 bits per heavy atom. The second-order valence-electron chi connectivity index (χ2n) is 3.84. The van der Waals surface area contributed by atoms with Gasteiger partial charge in [0.1, 0.15) is 0 Å². The monoisotopic (exact) mass is 252 g/mol. The van der Waals surface area contributed by atoms with E-state index in [0.29, 0.717) is 0 Å². The summed E-state index contributed by atoms with van der Waals surface area (Å²) in [6.45, 7) is 3.21. The van der Waals surface area contributed by atoms with Gasteiger partial charge in [-0.3, -0.25) is 4.84 Å². The fourth-order valence-electron chi connectivity index (χ4n) is 1.54. The first-order valence-corrected chi connectivity index (χ1v) is 5.46. The van der Waals surface area contributed by atoms with Crippen LogP contribution in [0.4, 0.5) is 4.79 Å². The van der Waals surface area contributed by atoms with Gasteiger partial charge in [-0.2, -0.15) is 0 Å². The summed E-state index contributed by atoms with van der Waals surface area (Å²) in [7, 11) is 0. The molecule has 2 amide bonds. The average Bonchev–Trinajstić information content (AvgIpc) is 2.28. The van der Waals surface area contributed by atoms with Crippen molar-refractivity contribution in [2.24, 2.45) is 0 Å². The van der Waals surface area contributed by atoms with Gasteiger partial charge in [-0.15, -0.1) is 0 Å². The van der Waals surface area contributed by atoms with E-state index in [4.69, 9.17) is 5.11 Å². The van der Waals surface area contributed by atoms with Crippen LogP contribution in [-0.4, -0.2) is 23.7 Å². The molecule has 0 saturated heterocycles. The Hall–Kier alpha value is -2.08. The maximum atomic E-state index is 11.4. The smallest absolute Gasteiger partial charge is 0.339 e. The molecule has 1 aromatic rings. The molecule has 6 heteroatoms. The molecule has 0 radical (unpaired) electrons. The first-order chi connectivity index (χ1) is 8.50. The number of carbonyl (C=O) groups excluding carboxylic acids is 1. The van der Waals surface area contributed by atoms with E-state index < -0.39 is 18.6 Å². The van der Waals surface area contributed by atoms with Crippen LogP contribution in [0.2, 0.25) is 0 Å². The minimum atomic E-state index is -1.15. The molecule has 0 saturated carbocycles. The molecule has 0 spiro atoms. The number of hydrogen-bond acceptors (Lipinski definition) is 3. The lowest BCUT2D eigenvalue weighted by Gasteiger charge is -2.16. The number of carboxylic acids is 1. The summed E-state index contributed by atoms with van der Waals surface area (Å²) in [5.74, 6) is -1.15. The normalized spacial score (nSPS) is 11.7. The van der Waals surface area contributed by atoms with Crippen molar-refractivity contribution < 1.29 is 19.5 Å². The molecule has 0 fully saturated rings. The number of aryl methyl sites for hydroxylation is 1. The summed E-state index contributed by atoms with van der Waals surface area (Å²) in [6.07, 6.45) is 0. The third kappa shape index (κ3) is 4.42. The van der Waals surface area contributed by atoms with Gasteiger partial charge in [-0.25, -0.2) is 15.1 Å². The Kier molecular flexibility index (Phi) is 5.13. The van der Waals surface area contributed by atoms with E-state index in [-0.39, 0.29) is 6.04 Å². The number of urea groups is 1. The Balaban J connectivity index is 2.45. The summed E-state index contributed by atoms with van der Waals surface area (Å²) >= 11 is 0. The van der Waals surface area contributed by atoms with Gasteiger partial charge in [-0.05, 0) is 25.0 Å². The molecule has 1 unspecified atom stereocenters. The minimum Gasteiger partial charge on any atom is -0.479 e. The summed E-state index contributed by atoms with van der Waals surface area (Å²) in [5.41, 5.74) is 4.06. The second kappa shape index (κ2) is 6.61. The van der Waals surface area contributed by atoms with Crippen molar-refractivity contribution in [1.82, 2.24) is 10.8 Å². The van der Waals surface area contributed by atoms with Gasteiger partial charge in [-0.1, -0.05) is 24.3 Å². The van der Waals surface area contributed by atoms with E-state index in [9.17, 15) is 9.59 Å². The number of hydrogen-bond donors (Lipinski definition) is 3. The van der Waals surface area contributed by atoms with Crippen molar-refractivity contribution >= 4 is 12.0 Å². The lowest BCUT2D eigenvalue weighted by Crippen LogP contribution is -2.38. The zero-order chi connectivity index (χ0) is 13.5.